The van der Waals surface area contributed by atoms with Crippen LogP contribution in [0.4, 0.5) is 5.82 Å². The molecule has 118 valence electrons. The molecule has 0 radical (unpaired) electrons. The summed E-state index contributed by atoms with van der Waals surface area (Å²) in [6.45, 7) is 10.7. The van der Waals surface area contributed by atoms with E-state index in [9.17, 15) is 0 Å². The number of nitrogens with one attached hydrogen (secondary N) is 1. The minimum absolute atomic E-state index is 0.470. The molecule has 1 aromatic rings. The fourth-order valence-electron chi connectivity index (χ4n) is 2.35. The van der Waals surface area contributed by atoms with Gasteiger partial charge < -0.3 is 10.2 Å². The molecule has 0 unspecified atom stereocenters. The Morgan fingerprint density at radius 3 is 2.57 bits per heavy atom. The highest BCUT2D eigenvalue weighted by Crippen LogP contribution is 2.35. The first-order chi connectivity index (χ1) is 9.97. The summed E-state index contributed by atoms with van der Waals surface area (Å²) in [6, 6.07) is 3.18. The standard InChI is InChI=1S/C17H28ClN3/c1-12(2)7-8-21(15-5-6-15)17-16(18)9-14(11-20-17)10-19-13(3)4/h9,11-13,15,19H,5-8,10H2,1-4H3. The van der Waals surface area contributed by atoms with E-state index in [1.807, 2.05) is 6.20 Å². The lowest BCUT2D eigenvalue weighted by atomic mass is 10.1. The van der Waals surface area contributed by atoms with E-state index in [-0.39, 0.29) is 0 Å². The molecule has 1 fully saturated rings. The van der Waals surface area contributed by atoms with Crippen molar-refractivity contribution < 1.29 is 0 Å². The Bertz CT molecular complexity index is 455. The van der Waals surface area contributed by atoms with Gasteiger partial charge in [0.05, 0.1) is 5.02 Å². The molecular formula is C17H28ClN3. The van der Waals surface area contributed by atoms with Crippen molar-refractivity contribution in [3.05, 3.63) is 22.8 Å². The SMILES string of the molecule is CC(C)CCN(c1ncc(CNC(C)C)cc1Cl)C1CC1. The first kappa shape index (κ1) is 16.6. The highest BCUT2D eigenvalue weighted by Gasteiger charge is 2.31. The lowest BCUT2D eigenvalue weighted by Crippen LogP contribution is -2.29. The van der Waals surface area contributed by atoms with Crippen LogP contribution in [0.5, 0.6) is 0 Å². The van der Waals surface area contributed by atoms with Crippen LogP contribution < -0.4 is 10.2 Å². The van der Waals surface area contributed by atoms with Crippen molar-refractivity contribution in [1.29, 1.82) is 0 Å². The molecule has 0 aromatic carbocycles. The van der Waals surface area contributed by atoms with E-state index in [1.54, 1.807) is 0 Å². The Morgan fingerprint density at radius 1 is 1.33 bits per heavy atom. The molecule has 3 nitrogen and oxygen atoms in total. The summed E-state index contributed by atoms with van der Waals surface area (Å²) in [5, 5.41) is 4.19. The van der Waals surface area contributed by atoms with Gasteiger partial charge in [0, 0.05) is 31.4 Å². The van der Waals surface area contributed by atoms with Crippen LogP contribution in [0.15, 0.2) is 12.3 Å². The van der Waals surface area contributed by atoms with Gasteiger partial charge in [-0.25, -0.2) is 4.98 Å². The average molecular weight is 310 g/mol. The predicted octanol–water partition coefficient (Wildman–Crippen LogP) is 4.25. The zero-order valence-electron chi connectivity index (χ0n) is 13.7. The first-order valence-electron chi connectivity index (χ1n) is 8.11. The molecule has 2 rings (SSSR count). The van der Waals surface area contributed by atoms with Crippen molar-refractivity contribution in [1.82, 2.24) is 10.3 Å². The lowest BCUT2D eigenvalue weighted by Gasteiger charge is -2.25. The molecule has 4 heteroatoms. The number of hydrogen-bond donors (Lipinski definition) is 1. The summed E-state index contributed by atoms with van der Waals surface area (Å²) in [5.41, 5.74) is 1.15. The molecule has 0 atom stereocenters. The average Bonchev–Trinajstić information content (AvgIpc) is 3.22. The molecule has 0 bridgehead atoms. The van der Waals surface area contributed by atoms with E-state index in [2.05, 4.69) is 49.0 Å². The molecule has 0 saturated heterocycles. The van der Waals surface area contributed by atoms with Crippen LogP contribution in [0.3, 0.4) is 0 Å². The molecular weight excluding hydrogens is 282 g/mol. The monoisotopic (exact) mass is 309 g/mol. The second-order valence-electron chi connectivity index (χ2n) is 6.79. The number of nitrogens with zero attached hydrogens (tertiary/aromatic N) is 2. The van der Waals surface area contributed by atoms with Crippen molar-refractivity contribution in [2.75, 3.05) is 11.4 Å². The molecule has 1 heterocycles. The van der Waals surface area contributed by atoms with Gasteiger partial charge in [-0.1, -0.05) is 39.3 Å². The van der Waals surface area contributed by atoms with Gasteiger partial charge in [-0.2, -0.15) is 0 Å². The quantitative estimate of drug-likeness (QED) is 0.778. The van der Waals surface area contributed by atoms with Gasteiger partial charge in [0.2, 0.25) is 0 Å². The van der Waals surface area contributed by atoms with Gasteiger partial charge >= 0.3 is 0 Å². The number of pyridine rings is 1. The van der Waals surface area contributed by atoms with Crippen LogP contribution >= 0.6 is 11.6 Å². The minimum atomic E-state index is 0.470. The molecule has 1 N–H and O–H groups in total. The number of hydrogen-bond acceptors (Lipinski definition) is 3. The Kier molecular flexibility index (Phi) is 5.88. The molecule has 21 heavy (non-hydrogen) atoms. The number of rotatable bonds is 8. The molecule has 1 saturated carbocycles. The zero-order valence-corrected chi connectivity index (χ0v) is 14.5. The molecule has 1 aliphatic carbocycles. The maximum absolute atomic E-state index is 6.49. The van der Waals surface area contributed by atoms with E-state index in [4.69, 9.17) is 11.6 Å². The predicted molar refractivity (Wildman–Crippen MR) is 91.0 cm³/mol. The first-order valence-corrected chi connectivity index (χ1v) is 8.49. The topological polar surface area (TPSA) is 28.2 Å². The van der Waals surface area contributed by atoms with Gasteiger partial charge in [0.1, 0.15) is 5.82 Å². The van der Waals surface area contributed by atoms with Crippen molar-refractivity contribution in [2.24, 2.45) is 5.92 Å². The van der Waals surface area contributed by atoms with Gasteiger partial charge in [-0.15, -0.1) is 0 Å². The Balaban J connectivity index is 2.06. The molecule has 0 aliphatic heterocycles. The minimum Gasteiger partial charge on any atom is -0.352 e. The number of halogens is 1. The maximum Gasteiger partial charge on any atom is 0.147 e. The third kappa shape index (κ3) is 5.15. The van der Waals surface area contributed by atoms with Crippen molar-refractivity contribution in [2.45, 2.75) is 65.6 Å². The van der Waals surface area contributed by atoms with Crippen LogP contribution in [-0.2, 0) is 6.54 Å². The summed E-state index contributed by atoms with van der Waals surface area (Å²) in [4.78, 5) is 7.05. The maximum atomic E-state index is 6.49. The van der Waals surface area contributed by atoms with Crippen LogP contribution in [0.25, 0.3) is 0 Å². The van der Waals surface area contributed by atoms with Crippen molar-refractivity contribution in [3.63, 3.8) is 0 Å². The van der Waals surface area contributed by atoms with E-state index in [0.717, 1.165) is 29.5 Å². The number of aromatic nitrogens is 1. The van der Waals surface area contributed by atoms with Gasteiger partial charge in [-0.3, -0.25) is 0 Å². The third-order valence-corrected chi connectivity index (χ3v) is 4.08. The summed E-state index contributed by atoms with van der Waals surface area (Å²) >= 11 is 6.49. The van der Waals surface area contributed by atoms with Gasteiger partial charge in [0.15, 0.2) is 0 Å². The van der Waals surface area contributed by atoms with Crippen LogP contribution in [0.1, 0.15) is 52.5 Å². The Labute approximate surface area is 134 Å². The van der Waals surface area contributed by atoms with Crippen LogP contribution in [0, 0.1) is 5.92 Å². The number of anilines is 1. The third-order valence-electron chi connectivity index (χ3n) is 3.80. The highest BCUT2D eigenvalue weighted by molar-refractivity contribution is 6.33. The van der Waals surface area contributed by atoms with E-state index < -0.39 is 0 Å². The normalized spacial score (nSPS) is 15.0. The van der Waals surface area contributed by atoms with E-state index >= 15 is 0 Å². The van der Waals surface area contributed by atoms with E-state index in [1.165, 1.54) is 19.3 Å². The highest BCUT2D eigenvalue weighted by atomic mass is 35.5. The Morgan fingerprint density at radius 2 is 2.05 bits per heavy atom. The molecule has 0 spiro atoms. The van der Waals surface area contributed by atoms with Crippen LogP contribution in [0.2, 0.25) is 5.02 Å². The summed E-state index contributed by atoms with van der Waals surface area (Å²) in [5.74, 6) is 1.67. The molecule has 0 amide bonds. The summed E-state index contributed by atoms with van der Waals surface area (Å²) in [6.07, 6.45) is 5.69. The summed E-state index contributed by atoms with van der Waals surface area (Å²) in [7, 11) is 0. The second-order valence-corrected chi connectivity index (χ2v) is 7.20. The van der Waals surface area contributed by atoms with Crippen molar-refractivity contribution in [3.8, 4) is 0 Å². The fourth-order valence-corrected chi connectivity index (χ4v) is 2.64. The molecule has 1 aliphatic rings. The fraction of sp³-hybridized carbons (Fsp3) is 0.706. The van der Waals surface area contributed by atoms with Gasteiger partial charge in [0.25, 0.3) is 0 Å². The second kappa shape index (κ2) is 7.46. The lowest BCUT2D eigenvalue weighted by molar-refractivity contribution is 0.568. The summed E-state index contributed by atoms with van der Waals surface area (Å²) < 4.78 is 0. The zero-order chi connectivity index (χ0) is 15.4. The largest absolute Gasteiger partial charge is 0.352 e. The van der Waals surface area contributed by atoms with Crippen LogP contribution in [-0.4, -0.2) is 23.6 Å². The molecule has 1 aromatic heterocycles. The van der Waals surface area contributed by atoms with Gasteiger partial charge in [-0.05, 0) is 36.8 Å². The van der Waals surface area contributed by atoms with Crippen molar-refractivity contribution >= 4 is 17.4 Å². The smallest absolute Gasteiger partial charge is 0.147 e. The van der Waals surface area contributed by atoms with E-state index in [0.29, 0.717) is 18.0 Å². The Hall–Kier alpha value is -0.800.